The van der Waals surface area contributed by atoms with Crippen molar-refractivity contribution in [2.45, 2.75) is 52.2 Å². The molecular formula is C22H26O5. The monoisotopic (exact) mass is 370 g/mol. The summed E-state index contributed by atoms with van der Waals surface area (Å²) in [6.45, 7) is 13.0. The van der Waals surface area contributed by atoms with E-state index in [0.717, 1.165) is 12.0 Å². The summed E-state index contributed by atoms with van der Waals surface area (Å²) in [4.78, 5) is 37.9. The third-order valence-corrected chi connectivity index (χ3v) is 6.34. The number of aliphatic hydroxyl groups is 1. The molecule has 0 aromatic carbocycles. The summed E-state index contributed by atoms with van der Waals surface area (Å²) in [5.74, 6) is -1.47. The predicted octanol–water partition coefficient (Wildman–Crippen LogP) is 2.85. The van der Waals surface area contributed by atoms with Crippen LogP contribution >= 0.6 is 0 Å². The van der Waals surface area contributed by atoms with Crippen molar-refractivity contribution < 1.29 is 24.2 Å². The van der Waals surface area contributed by atoms with Crippen molar-refractivity contribution in [3.05, 3.63) is 47.6 Å². The van der Waals surface area contributed by atoms with Crippen LogP contribution in [0.25, 0.3) is 0 Å². The highest BCUT2D eigenvalue weighted by atomic mass is 16.6. The number of Topliss-reactive ketones (excluding diaryl/α,β-unsaturated/α-hetero) is 1. The molecule has 5 heteroatoms. The second-order valence-corrected chi connectivity index (χ2v) is 8.07. The van der Waals surface area contributed by atoms with Crippen LogP contribution in [-0.2, 0) is 19.1 Å². The summed E-state index contributed by atoms with van der Waals surface area (Å²) in [6, 6.07) is 0. The van der Waals surface area contributed by atoms with Crippen LogP contribution in [0.15, 0.2) is 47.6 Å². The number of allylic oxidation sites excluding steroid dienone is 4. The first-order valence-electron chi connectivity index (χ1n) is 9.32. The molecule has 0 unspecified atom stereocenters. The fourth-order valence-electron chi connectivity index (χ4n) is 4.99. The Hall–Kier alpha value is -2.27. The predicted molar refractivity (Wildman–Crippen MR) is 101 cm³/mol. The quantitative estimate of drug-likeness (QED) is 0.469. The van der Waals surface area contributed by atoms with Gasteiger partial charge in [0, 0.05) is 29.4 Å². The smallest absolute Gasteiger partial charge is 0.303 e. The summed E-state index contributed by atoms with van der Waals surface area (Å²) in [5, 5.41) is 11.2. The lowest BCUT2D eigenvalue weighted by molar-refractivity contribution is -0.156. The summed E-state index contributed by atoms with van der Waals surface area (Å²) in [5.41, 5.74) is 0.931. The molecule has 0 saturated heterocycles. The summed E-state index contributed by atoms with van der Waals surface area (Å²) in [6.07, 6.45) is 2.36. The Kier molecular flexibility index (Phi) is 4.85. The van der Waals surface area contributed by atoms with Gasteiger partial charge in [0.2, 0.25) is 0 Å². The Morgan fingerprint density at radius 1 is 1.44 bits per heavy atom. The zero-order valence-electron chi connectivity index (χ0n) is 16.1. The van der Waals surface area contributed by atoms with Crippen LogP contribution in [0.3, 0.4) is 0 Å². The Labute approximate surface area is 159 Å². The minimum absolute atomic E-state index is 0.128. The zero-order chi connectivity index (χ0) is 20.1. The number of hydrogen-bond donors (Lipinski definition) is 1. The molecule has 5 atom stereocenters. The molecule has 0 spiro atoms. The molecule has 0 aliphatic heterocycles. The Balaban J connectivity index is 2.23. The van der Waals surface area contributed by atoms with Gasteiger partial charge in [-0.2, -0.15) is 0 Å². The fraction of sp³-hybridized carbons (Fsp3) is 0.500. The first-order valence-corrected chi connectivity index (χ1v) is 9.32. The van der Waals surface area contributed by atoms with Crippen molar-refractivity contribution in [1.82, 2.24) is 0 Å². The van der Waals surface area contributed by atoms with Gasteiger partial charge < -0.3 is 9.84 Å². The molecule has 0 radical (unpaired) electrons. The van der Waals surface area contributed by atoms with Crippen molar-refractivity contribution in [3.8, 4) is 0 Å². The molecule has 1 N–H and O–H groups in total. The molecule has 27 heavy (non-hydrogen) atoms. The average molecular weight is 370 g/mol. The van der Waals surface area contributed by atoms with Gasteiger partial charge in [0.05, 0.1) is 5.57 Å². The van der Waals surface area contributed by atoms with Gasteiger partial charge in [0.25, 0.3) is 0 Å². The number of esters is 1. The Morgan fingerprint density at radius 3 is 2.70 bits per heavy atom. The molecule has 1 fully saturated rings. The maximum atomic E-state index is 13.1. The van der Waals surface area contributed by atoms with Crippen molar-refractivity contribution in [2.24, 2.45) is 17.3 Å². The molecule has 0 aromatic heterocycles. The lowest BCUT2D eigenvalue weighted by Gasteiger charge is -2.53. The maximum absolute atomic E-state index is 13.1. The van der Waals surface area contributed by atoms with Crippen molar-refractivity contribution in [2.75, 3.05) is 0 Å². The largest absolute Gasteiger partial charge is 0.455 e. The highest BCUT2D eigenvalue weighted by molar-refractivity contribution is 6.24. The number of carbonyl (C=O) groups excluding carboxylic acids is 3. The van der Waals surface area contributed by atoms with Crippen LogP contribution in [0, 0.1) is 17.3 Å². The molecule has 144 valence electrons. The summed E-state index contributed by atoms with van der Waals surface area (Å²) < 4.78 is 5.38. The van der Waals surface area contributed by atoms with Crippen molar-refractivity contribution in [1.29, 1.82) is 0 Å². The fourth-order valence-corrected chi connectivity index (χ4v) is 4.99. The molecule has 0 amide bonds. The van der Waals surface area contributed by atoms with Gasteiger partial charge in [-0.3, -0.25) is 14.4 Å². The van der Waals surface area contributed by atoms with Crippen molar-refractivity contribution >= 4 is 17.5 Å². The lowest BCUT2D eigenvalue weighted by atomic mass is 9.51. The van der Waals surface area contributed by atoms with Crippen LogP contribution < -0.4 is 0 Å². The molecule has 3 rings (SSSR count). The van der Waals surface area contributed by atoms with Gasteiger partial charge in [-0.15, -0.1) is 6.58 Å². The van der Waals surface area contributed by atoms with Crippen LogP contribution in [-0.4, -0.2) is 34.9 Å². The molecule has 0 aromatic rings. The molecule has 5 nitrogen and oxygen atoms in total. The van der Waals surface area contributed by atoms with E-state index < -0.39 is 29.5 Å². The summed E-state index contributed by atoms with van der Waals surface area (Å²) >= 11 is 0. The molecular weight excluding hydrogens is 344 g/mol. The average Bonchev–Trinajstić information content (AvgIpc) is 2.58. The number of carbonyl (C=O) groups is 3. The molecule has 3 aliphatic rings. The van der Waals surface area contributed by atoms with E-state index in [1.807, 2.05) is 13.8 Å². The minimum atomic E-state index is -1.16. The molecule has 3 aliphatic carbocycles. The van der Waals surface area contributed by atoms with Crippen LogP contribution in [0.1, 0.15) is 40.0 Å². The molecule has 0 bridgehead atoms. The number of ether oxygens (including phenoxy) is 1. The van der Waals surface area contributed by atoms with E-state index in [4.69, 9.17) is 4.74 Å². The van der Waals surface area contributed by atoms with E-state index >= 15 is 0 Å². The second kappa shape index (κ2) is 6.71. The third-order valence-electron chi connectivity index (χ3n) is 6.34. The topological polar surface area (TPSA) is 80.7 Å². The van der Waals surface area contributed by atoms with E-state index in [-0.39, 0.29) is 29.5 Å². The summed E-state index contributed by atoms with van der Waals surface area (Å²) in [7, 11) is 0. The number of hydrogen-bond acceptors (Lipinski definition) is 5. The van der Waals surface area contributed by atoms with Gasteiger partial charge in [-0.25, -0.2) is 0 Å². The highest BCUT2D eigenvalue weighted by Crippen LogP contribution is 2.57. The van der Waals surface area contributed by atoms with E-state index in [9.17, 15) is 19.5 Å². The molecule has 1 saturated carbocycles. The van der Waals surface area contributed by atoms with E-state index in [1.165, 1.54) is 13.0 Å². The zero-order valence-corrected chi connectivity index (χ0v) is 16.1. The van der Waals surface area contributed by atoms with Crippen molar-refractivity contribution in [3.63, 3.8) is 0 Å². The van der Waals surface area contributed by atoms with Gasteiger partial charge in [-0.05, 0) is 31.3 Å². The normalized spacial score (nSPS) is 36.0. The maximum Gasteiger partial charge on any atom is 0.303 e. The Bertz CT molecular complexity index is 815. The number of rotatable bonds is 3. The SMILES string of the molecule is C=CCC1=CC(=O)C2=C(C1=O)[C@H](OC(C)=O)[C@@H](O)[C@H]1C(=C)[C@@H](C)CC[C@]21C. The van der Waals surface area contributed by atoms with E-state index in [2.05, 4.69) is 13.2 Å². The number of fused-ring (bicyclic) bond motifs is 2. The second-order valence-electron chi connectivity index (χ2n) is 8.07. The van der Waals surface area contributed by atoms with E-state index in [1.54, 1.807) is 6.08 Å². The lowest BCUT2D eigenvalue weighted by Crippen LogP contribution is -2.56. The minimum Gasteiger partial charge on any atom is -0.455 e. The van der Waals surface area contributed by atoms with Gasteiger partial charge in [-0.1, -0.05) is 32.1 Å². The molecule has 0 heterocycles. The van der Waals surface area contributed by atoms with Gasteiger partial charge in [0.15, 0.2) is 17.7 Å². The first kappa shape index (κ1) is 19.5. The highest BCUT2D eigenvalue weighted by Gasteiger charge is 2.58. The van der Waals surface area contributed by atoms with Crippen LogP contribution in [0.4, 0.5) is 0 Å². The standard InChI is InChI=1S/C22H26O5/c1-6-7-14-10-15(24)18-16(19(14)25)21(27-13(4)23)20(26)17-12(3)11(2)8-9-22(17,18)5/h6,10-11,17,20-21,26H,1,3,7-9H2,2,4-5H3/t11-,17+,20-,21-,22-/m0/s1. The van der Waals surface area contributed by atoms with Crippen LogP contribution in [0.2, 0.25) is 0 Å². The van der Waals surface area contributed by atoms with Crippen LogP contribution in [0.5, 0.6) is 0 Å². The first-order chi connectivity index (χ1) is 12.6. The van der Waals surface area contributed by atoms with Gasteiger partial charge in [0.1, 0.15) is 6.10 Å². The van der Waals surface area contributed by atoms with E-state index in [0.29, 0.717) is 17.6 Å². The number of ketones is 2. The number of aliphatic hydroxyl groups excluding tert-OH is 1. The van der Waals surface area contributed by atoms with Gasteiger partial charge >= 0.3 is 5.97 Å². The third kappa shape index (κ3) is 2.85. The Morgan fingerprint density at radius 2 is 2.11 bits per heavy atom.